The van der Waals surface area contributed by atoms with Crippen molar-refractivity contribution in [3.63, 3.8) is 0 Å². The minimum atomic E-state index is -0.960. The number of nitrogens with zero attached hydrogens (tertiary/aromatic N) is 1. The number of amides is 1. The number of benzene rings is 1. The summed E-state index contributed by atoms with van der Waals surface area (Å²) in [5.41, 5.74) is 1.06. The second kappa shape index (κ2) is 9.14. The van der Waals surface area contributed by atoms with Crippen LogP contribution in [-0.4, -0.2) is 41.7 Å². The molecule has 0 fully saturated rings. The maximum Gasteiger partial charge on any atom is 0.322 e. The molecule has 24 heavy (non-hydrogen) atoms. The number of carboxylic acid groups (broad SMARTS) is 1. The summed E-state index contributed by atoms with van der Waals surface area (Å²) in [6, 6.07) is 10.3. The molecule has 2 aromatic rings. The first-order valence-electron chi connectivity index (χ1n) is 7.52. The van der Waals surface area contributed by atoms with E-state index in [9.17, 15) is 9.59 Å². The van der Waals surface area contributed by atoms with Crippen LogP contribution in [0, 0.1) is 0 Å². The predicted molar refractivity (Wildman–Crippen MR) is 89.2 cm³/mol. The summed E-state index contributed by atoms with van der Waals surface area (Å²) in [7, 11) is 0. The third-order valence-corrected chi connectivity index (χ3v) is 3.08. The van der Waals surface area contributed by atoms with Crippen LogP contribution >= 0.6 is 0 Å². The van der Waals surface area contributed by atoms with Crippen molar-refractivity contribution in [2.45, 2.75) is 6.42 Å². The molecule has 0 saturated heterocycles. The topological polar surface area (TPSA) is 101 Å². The maximum atomic E-state index is 12.1. The van der Waals surface area contributed by atoms with E-state index in [1.165, 1.54) is 0 Å². The molecule has 7 nitrogen and oxygen atoms in total. The molecule has 7 heteroatoms. The van der Waals surface area contributed by atoms with E-state index in [0.717, 1.165) is 0 Å². The fourth-order valence-corrected chi connectivity index (χ4v) is 1.95. The number of ether oxygens (including phenoxy) is 1. The molecular weight excluding hydrogens is 310 g/mol. The molecular formula is C17H19N3O4. The summed E-state index contributed by atoms with van der Waals surface area (Å²) in [5, 5.41) is 14.2. The van der Waals surface area contributed by atoms with Gasteiger partial charge in [0.25, 0.3) is 5.91 Å². The maximum absolute atomic E-state index is 12.1. The molecule has 3 N–H and O–H groups in total. The summed E-state index contributed by atoms with van der Waals surface area (Å²) in [6.07, 6.45) is 3.97. The van der Waals surface area contributed by atoms with Gasteiger partial charge in [-0.1, -0.05) is 6.07 Å². The quantitative estimate of drug-likeness (QED) is 0.606. The van der Waals surface area contributed by atoms with E-state index in [1.54, 1.807) is 42.7 Å². The number of pyridine rings is 1. The van der Waals surface area contributed by atoms with Crippen LogP contribution in [-0.2, 0) is 4.79 Å². The molecule has 0 spiro atoms. The van der Waals surface area contributed by atoms with Crippen LogP contribution < -0.4 is 15.4 Å². The predicted octanol–water partition coefficient (Wildman–Crippen LogP) is 1.78. The summed E-state index contributed by atoms with van der Waals surface area (Å²) < 4.78 is 5.49. The second-order valence-corrected chi connectivity index (χ2v) is 4.97. The first-order valence-corrected chi connectivity index (χ1v) is 7.52. The second-order valence-electron chi connectivity index (χ2n) is 4.97. The number of nitrogens with one attached hydrogen (secondary N) is 2. The molecule has 0 aliphatic carbocycles. The fraction of sp³-hybridized carbons (Fsp3) is 0.235. The van der Waals surface area contributed by atoms with E-state index in [2.05, 4.69) is 15.6 Å². The standard InChI is InChI=1S/C17H19N3O4/c21-16(22)12-20-14-5-1-4-13(10-14)17(23)19-8-3-9-24-15-6-2-7-18-11-15/h1-2,4-7,10-11,20H,3,8-9,12H2,(H,19,23)(H,21,22). The largest absolute Gasteiger partial charge is 0.492 e. The Balaban J connectivity index is 1.72. The molecule has 0 radical (unpaired) electrons. The number of anilines is 1. The van der Waals surface area contributed by atoms with Gasteiger partial charge >= 0.3 is 5.97 Å². The lowest BCUT2D eigenvalue weighted by atomic mass is 10.2. The average Bonchev–Trinajstić information content (AvgIpc) is 2.60. The number of aliphatic carboxylic acids is 1. The molecule has 1 amide bonds. The van der Waals surface area contributed by atoms with Gasteiger partial charge in [-0.3, -0.25) is 14.6 Å². The van der Waals surface area contributed by atoms with Crippen molar-refractivity contribution in [1.82, 2.24) is 10.3 Å². The van der Waals surface area contributed by atoms with Crippen LogP contribution in [0.4, 0.5) is 5.69 Å². The van der Waals surface area contributed by atoms with Gasteiger partial charge in [-0.15, -0.1) is 0 Å². The van der Waals surface area contributed by atoms with Gasteiger partial charge in [0, 0.05) is 24.0 Å². The van der Waals surface area contributed by atoms with Crippen molar-refractivity contribution < 1.29 is 19.4 Å². The number of hydrogen-bond acceptors (Lipinski definition) is 5. The summed E-state index contributed by atoms with van der Waals surface area (Å²) in [5.74, 6) is -0.477. The van der Waals surface area contributed by atoms with Crippen LogP contribution in [0.1, 0.15) is 16.8 Å². The van der Waals surface area contributed by atoms with Crippen LogP contribution in [0.15, 0.2) is 48.8 Å². The highest BCUT2D eigenvalue weighted by molar-refractivity contribution is 5.95. The molecule has 0 unspecified atom stereocenters. The molecule has 1 aromatic carbocycles. The first-order chi connectivity index (χ1) is 11.6. The van der Waals surface area contributed by atoms with Gasteiger partial charge < -0.3 is 20.5 Å². The normalized spacial score (nSPS) is 10.0. The van der Waals surface area contributed by atoms with Gasteiger partial charge in [-0.2, -0.15) is 0 Å². The average molecular weight is 329 g/mol. The Morgan fingerprint density at radius 1 is 1.21 bits per heavy atom. The number of rotatable bonds is 9. The zero-order valence-electron chi connectivity index (χ0n) is 13.1. The highest BCUT2D eigenvalue weighted by Crippen LogP contribution is 2.10. The van der Waals surface area contributed by atoms with Gasteiger partial charge in [0.1, 0.15) is 12.3 Å². The molecule has 0 saturated carbocycles. The van der Waals surface area contributed by atoms with Crippen LogP contribution in [0.3, 0.4) is 0 Å². The summed E-state index contributed by atoms with van der Waals surface area (Å²) in [4.78, 5) is 26.5. The fourth-order valence-electron chi connectivity index (χ4n) is 1.95. The Bertz CT molecular complexity index is 677. The minimum absolute atomic E-state index is 0.198. The third kappa shape index (κ3) is 5.96. The lowest BCUT2D eigenvalue weighted by Crippen LogP contribution is -2.25. The number of carbonyl (C=O) groups is 2. The van der Waals surface area contributed by atoms with E-state index < -0.39 is 5.97 Å². The van der Waals surface area contributed by atoms with Crippen LogP contribution in [0.5, 0.6) is 5.75 Å². The lowest BCUT2D eigenvalue weighted by Gasteiger charge is -2.08. The molecule has 126 valence electrons. The SMILES string of the molecule is O=C(O)CNc1cccc(C(=O)NCCCOc2cccnc2)c1. The zero-order valence-corrected chi connectivity index (χ0v) is 13.1. The number of carbonyl (C=O) groups excluding carboxylic acids is 1. The Labute approximate surface area is 139 Å². The van der Waals surface area contributed by atoms with Gasteiger partial charge in [0.15, 0.2) is 0 Å². The monoisotopic (exact) mass is 329 g/mol. The lowest BCUT2D eigenvalue weighted by molar-refractivity contribution is -0.134. The Morgan fingerprint density at radius 3 is 2.83 bits per heavy atom. The van der Waals surface area contributed by atoms with E-state index in [1.807, 2.05) is 6.07 Å². The minimum Gasteiger partial charge on any atom is -0.492 e. The van der Waals surface area contributed by atoms with Crippen LogP contribution in [0.2, 0.25) is 0 Å². The number of carboxylic acids is 1. The summed E-state index contributed by atoms with van der Waals surface area (Å²) >= 11 is 0. The van der Waals surface area contributed by atoms with Crippen molar-refractivity contribution in [2.75, 3.05) is 25.0 Å². The van der Waals surface area contributed by atoms with Crippen molar-refractivity contribution in [3.8, 4) is 5.75 Å². The number of hydrogen-bond donors (Lipinski definition) is 3. The van der Waals surface area contributed by atoms with Gasteiger partial charge in [-0.05, 0) is 36.8 Å². The highest BCUT2D eigenvalue weighted by Gasteiger charge is 2.06. The highest BCUT2D eigenvalue weighted by atomic mass is 16.5. The number of aromatic nitrogens is 1. The van der Waals surface area contributed by atoms with Gasteiger partial charge in [0.2, 0.25) is 0 Å². The van der Waals surface area contributed by atoms with E-state index in [4.69, 9.17) is 9.84 Å². The molecule has 0 aliphatic rings. The molecule has 0 aliphatic heterocycles. The van der Waals surface area contributed by atoms with Crippen molar-refractivity contribution in [1.29, 1.82) is 0 Å². The Kier molecular flexibility index (Phi) is 6.58. The summed E-state index contributed by atoms with van der Waals surface area (Å²) in [6.45, 7) is 0.759. The smallest absolute Gasteiger partial charge is 0.322 e. The third-order valence-electron chi connectivity index (χ3n) is 3.08. The molecule has 0 atom stereocenters. The van der Waals surface area contributed by atoms with E-state index >= 15 is 0 Å². The zero-order chi connectivity index (χ0) is 17.2. The molecule has 1 aromatic heterocycles. The molecule has 0 bridgehead atoms. The van der Waals surface area contributed by atoms with Gasteiger partial charge in [-0.25, -0.2) is 0 Å². The van der Waals surface area contributed by atoms with Crippen LogP contribution in [0.25, 0.3) is 0 Å². The van der Waals surface area contributed by atoms with Crippen molar-refractivity contribution in [2.24, 2.45) is 0 Å². The van der Waals surface area contributed by atoms with Crippen molar-refractivity contribution >= 4 is 17.6 Å². The van der Waals surface area contributed by atoms with E-state index in [-0.39, 0.29) is 12.5 Å². The van der Waals surface area contributed by atoms with E-state index in [0.29, 0.717) is 36.6 Å². The Hall–Kier alpha value is -3.09. The molecule has 1 heterocycles. The molecule has 2 rings (SSSR count). The van der Waals surface area contributed by atoms with Gasteiger partial charge in [0.05, 0.1) is 12.8 Å². The Morgan fingerprint density at radius 2 is 2.08 bits per heavy atom. The van der Waals surface area contributed by atoms with Crippen molar-refractivity contribution in [3.05, 3.63) is 54.4 Å². The first kappa shape index (κ1) is 17.3.